The van der Waals surface area contributed by atoms with E-state index in [0.29, 0.717) is 18.4 Å². The molecule has 2 atom stereocenters. The van der Waals surface area contributed by atoms with Gasteiger partial charge in [0.15, 0.2) is 0 Å². The molecular formula is C17H23NO. The zero-order valence-electron chi connectivity index (χ0n) is 12.1. The lowest BCUT2D eigenvalue weighted by Crippen LogP contribution is -2.45. The number of benzene rings is 1. The van der Waals surface area contributed by atoms with E-state index in [1.54, 1.807) is 0 Å². The molecule has 2 heteroatoms. The number of rotatable bonds is 0. The molecule has 19 heavy (non-hydrogen) atoms. The van der Waals surface area contributed by atoms with Crippen molar-refractivity contribution < 1.29 is 4.79 Å². The fourth-order valence-electron chi connectivity index (χ4n) is 3.47. The lowest BCUT2D eigenvalue weighted by atomic mass is 9.73. The van der Waals surface area contributed by atoms with Gasteiger partial charge in [0, 0.05) is 18.4 Å². The fraction of sp³-hybridized carbons (Fsp3) is 0.588. The van der Waals surface area contributed by atoms with E-state index in [1.165, 1.54) is 16.7 Å². The van der Waals surface area contributed by atoms with E-state index >= 15 is 0 Å². The highest BCUT2D eigenvalue weighted by atomic mass is 16.1. The first kappa shape index (κ1) is 12.7. The van der Waals surface area contributed by atoms with E-state index in [9.17, 15) is 4.79 Å². The minimum atomic E-state index is 0.215. The van der Waals surface area contributed by atoms with E-state index in [-0.39, 0.29) is 11.3 Å². The standard InChI is InChI=1S/C17H23NO/c1-17(2,3)12-5-6-13-11(10-12)4-8-15-14(13)7-9-16(19)18-15/h5-6,10,14-15H,4,7-9H2,1-3H3,(H,18,19)/t14-,15-/m0/s1. The van der Waals surface area contributed by atoms with Crippen LogP contribution in [0.15, 0.2) is 18.2 Å². The third-order valence-corrected chi connectivity index (χ3v) is 4.65. The predicted molar refractivity (Wildman–Crippen MR) is 77.4 cm³/mol. The van der Waals surface area contributed by atoms with Gasteiger partial charge >= 0.3 is 0 Å². The summed E-state index contributed by atoms with van der Waals surface area (Å²) in [5, 5.41) is 3.17. The third kappa shape index (κ3) is 2.29. The molecule has 1 N–H and O–H groups in total. The Balaban J connectivity index is 1.95. The number of amides is 1. The lowest BCUT2D eigenvalue weighted by molar-refractivity contribution is -0.123. The van der Waals surface area contributed by atoms with E-state index in [4.69, 9.17) is 0 Å². The summed E-state index contributed by atoms with van der Waals surface area (Å²) < 4.78 is 0. The molecule has 1 aliphatic heterocycles. The topological polar surface area (TPSA) is 29.1 Å². The molecule has 1 aliphatic carbocycles. The second-order valence-electron chi connectivity index (χ2n) is 7.02. The van der Waals surface area contributed by atoms with Gasteiger partial charge in [-0.05, 0) is 41.4 Å². The van der Waals surface area contributed by atoms with Crippen LogP contribution in [0, 0.1) is 0 Å². The quantitative estimate of drug-likeness (QED) is 0.759. The van der Waals surface area contributed by atoms with E-state index < -0.39 is 0 Å². The molecule has 0 bridgehead atoms. The number of aryl methyl sites for hydroxylation is 1. The maximum Gasteiger partial charge on any atom is 0.220 e. The van der Waals surface area contributed by atoms with Crippen molar-refractivity contribution in [1.82, 2.24) is 5.32 Å². The second kappa shape index (κ2) is 4.36. The van der Waals surface area contributed by atoms with Crippen LogP contribution in [0.25, 0.3) is 0 Å². The number of carbonyl (C=O) groups excluding carboxylic acids is 1. The van der Waals surface area contributed by atoms with E-state index in [1.807, 2.05) is 0 Å². The van der Waals surface area contributed by atoms with Gasteiger partial charge < -0.3 is 5.32 Å². The summed E-state index contributed by atoms with van der Waals surface area (Å²) >= 11 is 0. The van der Waals surface area contributed by atoms with Gasteiger partial charge in [0.1, 0.15) is 0 Å². The van der Waals surface area contributed by atoms with Crippen LogP contribution in [-0.2, 0) is 16.6 Å². The summed E-state index contributed by atoms with van der Waals surface area (Å²) in [6.45, 7) is 6.80. The van der Waals surface area contributed by atoms with Crippen molar-refractivity contribution >= 4 is 5.91 Å². The van der Waals surface area contributed by atoms with E-state index in [0.717, 1.165) is 19.3 Å². The highest BCUT2D eigenvalue weighted by Gasteiger charge is 2.34. The van der Waals surface area contributed by atoms with Crippen molar-refractivity contribution in [2.75, 3.05) is 0 Å². The Morgan fingerprint density at radius 3 is 2.68 bits per heavy atom. The molecule has 1 heterocycles. The fourth-order valence-corrected chi connectivity index (χ4v) is 3.47. The first-order valence-corrected chi connectivity index (χ1v) is 7.38. The summed E-state index contributed by atoms with van der Waals surface area (Å²) in [6.07, 6.45) is 3.89. The average molecular weight is 257 g/mol. The monoisotopic (exact) mass is 257 g/mol. The van der Waals surface area contributed by atoms with Gasteiger partial charge in [0.05, 0.1) is 0 Å². The maximum absolute atomic E-state index is 11.5. The van der Waals surface area contributed by atoms with Crippen LogP contribution in [0.1, 0.15) is 62.6 Å². The van der Waals surface area contributed by atoms with Gasteiger partial charge in [-0.3, -0.25) is 4.79 Å². The SMILES string of the molecule is CC(C)(C)c1ccc2c(c1)CC[C@@H]1NC(=O)CC[C@@H]21. The molecule has 0 spiro atoms. The van der Waals surface area contributed by atoms with Crippen LogP contribution in [0.3, 0.4) is 0 Å². The average Bonchev–Trinajstić information content (AvgIpc) is 2.36. The van der Waals surface area contributed by atoms with Gasteiger partial charge in [-0.1, -0.05) is 39.0 Å². The number of carbonyl (C=O) groups is 1. The van der Waals surface area contributed by atoms with Crippen LogP contribution >= 0.6 is 0 Å². The van der Waals surface area contributed by atoms with Gasteiger partial charge in [0.25, 0.3) is 0 Å². The molecule has 1 fully saturated rings. The molecule has 3 rings (SSSR count). The zero-order valence-corrected chi connectivity index (χ0v) is 12.1. The minimum absolute atomic E-state index is 0.215. The van der Waals surface area contributed by atoms with Crippen molar-refractivity contribution in [3.8, 4) is 0 Å². The number of hydrogen-bond donors (Lipinski definition) is 1. The molecule has 2 nitrogen and oxygen atoms in total. The van der Waals surface area contributed by atoms with Gasteiger partial charge in [-0.25, -0.2) is 0 Å². The first-order valence-electron chi connectivity index (χ1n) is 7.38. The van der Waals surface area contributed by atoms with Crippen LogP contribution in [0.5, 0.6) is 0 Å². The summed E-state index contributed by atoms with van der Waals surface area (Å²) in [4.78, 5) is 11.5. The molecule has 0 aromatic heterocycles. The second-order valence-corrected chi connectivity index (χ2v) is 7.02. The van der Waals surface area contributed by atoms with Crippen molar-refractivity contribution in [1.29, 1.82) is 0 Å². The van der Waals surface area contributed by atoms with Crippen molar-refractivity contribution in [3.05, 3.63) is 34.9 Å². The van der Waals surface area contributed by atoms with Crippen molar-refractivity contribution in [2.24, 2.45) is 0 Å². The Kier molecular flexibility index (Phi) is 2.92. The normalized spacial score (nSPS) is 26.4. The molecule has 0 saturated carbocycles. The van der Waals surface area contributed by atoms with Crippen LogP contribution in [0.4, 0.5) is 0 Å². The van der Waals surface area contributed by atoms with Crippen molar-refractivity contribution in [3.63, 3.8) is 0 Å². The zero-order chi connectivity index (χ0) is 13.6. The molecule has 2 aliphatic rings. The number of fused-ring (bicyclic) bond motifs is 3. The molecule has 0 radical (unpaired) electrons. The molecule has 1 amide bonds. The van der Waals surface area contributed by atoms with E-state index in [2.05, 4.69) is 44.3 Å². The van der Waals surface area contributed by atoms with Gasteiger partial charge in [-0.15, -0.1) is 0 Å². The molecule has 1 aromatic rings. The molecule has 1 aromatic carbocycles. The number of piperidine rings is 1. The number of nitrogens with one attached hydrogen (secondary N) is 1. The molecular weight excluding hydrogens is 234 g/mol. The van der Waals surface area contributed by atoms with Crippen LogP contribution < -0.4 is 5.32 Å². The van der Waals surface area contributed by atoms with Gasteiger partial charge in [-0.2, -0.15) is 0 Å². The third-order valence-electron chi connectivity index (χ3n) is 4.65. The Morgan fingerprint density at radius 1 is 1.16 bits per heavy atom. The Hall–Kier alpha value is -1.31. The van der Waals surface area contributed by atoms with Crippen LogP contribution in [-0.4, -0.2) is 11.9 Å². The summed E-state index contributed by atoms with van der Waals surface area (Å²) in [6, 6.07) is 7.35. The molecule has 0 unspecified atom stereocenters. The lowest BCUT2D eigenvalue weighted by Gasteiger charge is -2.38. The molecule has 1 saturated heterocycles. The summed E-state index contributed by atoms with van der Waals surface area (Å²) in [7, 11) is 0. The van der Waals surface area contributed by atoms with Gasteiger partial charge in [0.2, 0.25) is 5.91 Å². The largest absolute Gasteiger partial charge is 0.353 e. The first-order chi connectivity index (χ1) is 8.95. The minimum Gasteiger partial charge on any atom is -0.353 e. The van der Waals surface area contributed by atoms with Crippen LogP contribution in [0.2, 0.25) is 0 Å². The Labute approximate surface area is 115 Å². The predicted octanol–water partition coefficient (Wildman–Crippen LogP) is 3.29. The number of hydrogen-bond acceptors (Lipinski definition) is 1. The Bertz CT molecular complexity index is 512. The summed E-state index contributed by atoms with van der Waals surface area (Å²) in [5.41, 5.74) is 4.62. The highest BCUT2D eigenvalue weighted by molar-refractivity contribution is 5.77. The smallest absolute Gasteiger partial charge is 0.220 e. The highest BCUT2D eigenvalue weighted by Crippen LogP contribution is 2.38. The summed E-state index contributed by atoms with van der Waals surface area (Å²) in [5.74, 6) is 0.770. The maximum atomic E-state index is 11.5. The Morgan fingerprint density at radius 2 is 1.95 bits per heavy atom. The molecule has 102 valence electrons. The van der Waals surface area contributed by atoms with Crippen molar-refractivity contribution in [2.45, 2.75) is 63.8 Å².